The standard InChI is InChI=1S/C23H26N2O4/c1-24(20(23(28)29)15-17-9-4-2-5-10-17)21(26)19-13-8-14-25(16-19)22(27)18-11-6-3-7-12-18/h2-7,9-12,19-20H,8,13-16H2,1H3,(H,28,29). The van der Waals surface area contributed by atoms with Gasteiger partial charge in [-0.3, -0.25) is 9.59 Å². The summed E-state index contributed by atoms with van der Waals surface area (Å²) in [7, 11) is 1.54. The van der Waals surface area contributed by atoms with Gasteiger partial charge in [0.15, 0.2) is 0 Å². The molecule has 0 saturated carbocycles. The lowest BCUT2D eigenvalue weighted by Crippen LogP contribution is -2.50. The molecule has 1 aliphatic rings. The zero-order valence-electron chi connectivity index (χ0n) is 16.5. The number of hydrogen-bond acceptors (Lipinski definition) is 3. The minimum absolute atomic E-state index is 0.0928. The van der Waals surface area contributed by atoms with Crippen molar-refractivity contribution in [3.8, 4) is 0 Å². The van der Waals surface area contributed by atoms with Crippen LogP contribution in [0.15, 0.2) is 60.7 Å². The van der Waals surface area contributed by atoms with Crippen molar-refractivity contribution >= 4 is 17.8 Å². The van der Waals surface area contributed by atoms with E-state index in [9.17, 15) is 19.5 Å². The van der Waals surface area contributed by atoms with Crippen molar-refractivity contribution in [1.82, 2.24) is 9.80 Å². The molecule has 1 aliphatic heterocycles. The summed E-state index contributed by atoms with van der Waals surface area (Å²) in [4.78, 5) is 40.6. The van der Waals surface area contributed by atoms with E-state index in [-0.39, 0.29) is 24.2 Å². The second-order valence-corrected chi connectivity index (χ2v) is 7.45. The number of nitrogens with zero attached hydrogens (tertiary/aromatic N) is 2. The SMILES string of the molecule is CN(C(=O)C1CCCN(C(=O)c2ccccc2)C1)C(Cc1ccccc1)C(=O)O. The fourth-order valence-corrected chi connectivity index (χ4v) is 3.80. The highest BCUT2D eigenvalue weighted by molar-refractivity contribution is 5.94. The lowest BCUT2D eigenvalue weighted by molar-refractivity contribution is -0.151. The molecule has 3 rings (SSSR count). The van der Waals surface area contributed by atoms with Crippen LogP contribution >= 0.6 is 0 Å². The largest absolute Gasteiger partial charge is 0.480 e. The maximum Gasteiger partial charge on any atom is 0.326 e. The topological polar surface area (TPSA) is 77.9 Å². The summed E-state index contributed by atoms with van der Waals surface area (Å²) in [6, 6.07) is 17.4. The van der Waals surface area contributed by atoms with Crippen LogP contribution in [-0.4, -0.2) is 58.9 Å². The van der Waals surface area contributed by atoms with Crippen LogP contribution in [0.25, 0.3) is 0 Å². The van der Waals surface area contributed by atoms with Gasteiger partial charge in [0, 0.05) is 32.1 Å². The molecule has 152 valence electrons. The van der Waals surface area contributed by atoms with Crippen molar-refractivity contribution in [2.24, 2.45) is 5.92 Å². The summed E-state index contributed by atoms with van der Waals surface area (Å²) in [6.45, 7) is 0.919. The normalized spacial score (nSPS) is 17.4. The second kappa shape index (κ2) is 9.37. The first-order chi connectivity index (χ1) is 14.0. The molecular formula is C23H26N2O4. The molecule has 6 heteroatoms. The Morgan fingerprint density at radius 3 is 2.31 bits per heavy atom. The van der Waals surface area contributed by atoms with Crippen molar-refractivity contribution in [1.29, 1.82) is 0 Å². The van der Waals surface area contributed by atoms with E-state index < -0.39 is 12.0 Å². The molecule has 29 heavy (non-hydrogen) atoms. The minimum atomic E-state index is -1.03. The Bertz CT molecular complexity index is 854. The number of benzene rings is 2. The first-order valence-corrected chi connectivity index (χ1v) is 9.85. The van der Waals surface area contributed by atoms with E-state index in [4.69, 9.17) is 0 Å². The first kappa shape index (κ1) is 20.6. The Balaban J connectivity index is 1.69. The highest BCUT2D eigenvalue weighted by Crippen LogP contribution is 2.22. The molecule has 1 N–H and O–H groups in total. The van der Waals surface area contributed by atoms with Crippen LogP contribution in [0.1, 0.15) is 28.8 Å². The van der Waals surface area contributed by atoms with Crippen LogP contribution in [-0.2, 0) is 16.0 Å². The average molecular weight is 394 g/mol. The first-order valence-electron chi connectivity index (χ1n) is 9.85. The van der Waals surface area contributed by atoms with Gasteiger partial charge in [0.1, 0.15) is 6.04 Å². The summed E-state index contributed by atoms with van der Waals surface area (Å²) in [5, 5.41) is 9.68. The number of carboxylic acid groups (broad SMARTS) is 1. The van der Waals surface area contributed by atoms with E-state index in [0.717, 1.165) is 12.0 Å². The molecule has 0 radical (unpaired) electrons. The Kier molecular flexibility index (Phi) is 6.65. The fraction of sp³-hybridized carbons (Fsp3) is 0.348. The van der Waals surface area contributed by atoms with E-state index in [1.54, 1.807) is 24.1 Å². The average Bonchev–Trinajstić information content (AvgIpc) is 2.77. The summed E-state index contributed by atoms with van der Waals surface area (Å²) in [5.74, 6) is -1.74. The lowest BCUT2D eigenvalue weighted by Gasteiger charge is -2.35. The van der Waals surface area contributed by atoms with Crippen LogP contribution in [0.4, 0.5) is 0 Å². The molecule has 2 aromatic rings. The molecule has 2 aromatic carbocycles. The van der Waals surface area contributed by atoms with E-state index in [1.807, 2.05) is 48.5 Å². The van der Waals surface area contributed by atoms with Crippen molar-refractivity contribution < 1.29 is 19.5 Å². The number of carbonyl (C=O) groups excluding carboxylic acids is 2. The predicted octanol–water partition coefficient (Wildman–Crippen LogP) is 2.69. The third kappa shape index (κ3) is 5.02. The molecule has 2 amide bonds. The van der Waals surface area contributed by atoms with Crippen molar-refractivity contribution in [3.63, 3.8) is 0 Å². The number of likely N-dealkylation sites (tertiary alicyclic amines) is 1. The Morgan fingerprint density at radius 2 is 1.69 bits per heavy atom. The molecule has 0 bridgehead atoms. The minimum Gasteiger partial charge on any atom is -0.480 e. The van der Waals surface area contributed by atoms with Crippen molar-refractivity contribution in [2.45, 2.75) is 25.3 Å². The van der Waals surface area contributed by atoms with Gasteiger partial charge in [0.25, 0.3) is 5.91 Å². The number of carboxylic acids is 1. The van der Waals surface area contributed by atoms with Crippen LogP contribution in [0.2, 0.25) is 0 Å². The Labute approximate surface area is 170 Å². The molecule has 2 unspecified atom stereocenters. The van der Waals surface area contributed by atoms with E-state index in [2.05, 4.69) is 0 Å². The lowest BCUT2D eigenvalue weighted by atomic mass is 9.94. The van der Waals surface area contributed by atoms with Gasteiger partial charge in [-0.2, -0.15) is 0 Å². The quantitative estimate of drug-likeness (QED) is 0.817. The fourth-order valence-electron chi connectivity index (χ4n) is 3.80. The molecular weight excluding hydrogens is 368 g/mol. The molecule has 2 atom stereocenters. The number of amides is 2. The highest BCUT2D eigenvalue weighted by atomic mass is 16.4. The van der Waals surface area contributed by atoms with Gasteiger partial charge in [0.2, 0.25) is 5.91 Å². The zero-order chi connectivity index (χ0) is 20.8. The summed E-state index contributed by atoms with van der Waals surface area (Å²) in [5.41, 5.74) is 1.46. The number of likely N-dealkylation sites (N-methyl/N-ethyl adjacent to an activating group) is 1. The zero-order valence-corrected chi connectivity index (χ0v) is 16.5. The molecule has 1 saturated heterocycles. The Morgan fingerprint density at radius 1 is 1.07 bits per heavy atom. The molecule has 0 spiro atoms. The summed E-state index contributed by atoms with van der Waals surface area (Å²) in [6.07, 6.45) is 1.62. The van der Waals surface area contributed by atoms with E-state index >= 15 is 0 Å². The molecule has 0 aliphatic carbocycles. The molecule has 0 aromatic heterocycles. The Hall–Kier alpha value is -3.15. The highest BCUT2D eigenvalue weighted by Gasteiger charge is 2.34. The second-order valence-electron chi connectivity index (χ2n) is 7.45. The van der Waals surface area contributed by atoms with Gasteiger partial charge in [-0.1, -0.05) is 48.5 Å². The van der Waals surface area contributed by atoms with Gasteiger partial charge >= 0.3 is 5.97 Å². The third-order valence-corrected chi connectivity index (χ3v) is 5.45. The maximum absolute atomic E-state index is 13.1. The predicted molar refractivity (Wildman–Crippen MR) is 109 cm³/mol. The molecule has 1 heterocycles. The van der Waals surface area contributed by atoms with Crippen LogP contribution in [0.3, 0.4) is 0 Å². The van der Waals surface area contributed by atoms with Gasteiger partial charge in [-0.25, -0.2) is 4.79 Å². The third-order valence-electron chi connectivity index (χ3n) is 5.45. The van der Waals surface area contributed by atoms with Crippen LogP contribution in [0.5, 0.6) is 0 Å². The smallest absolute Gasteiger partial charge is 0.326 e. The van der Waals surface area contributed by atoms with Crippen LogP contribution in [0, 0.1) is 5.92 Å². The summed E-state index contributed by atoms with van der Waals surface area (Å²) >= 11 is 0. The molecule has 6 nitrogen and oxygen atoms in total. The van der Waals surface area contributed by atoms with E-state index in [0.29, 0.717) is 25.1 Å². The van der Waals surface area contributed by atoms with Crippen molar-refractivity contribution in [3.05, 3.63) is 71.8 Å². The van der Waals surface area contributed by atoms with Gasteiger partial charge in [0.05, 0.1) is 5.92 Å². The number of rotatable bonds is 6. The maximum atomic E-state index is 13.1. The number of carbonyl (C=O) groups is 3. The number of hydrogen-bond donors (Lipinski definition) is 1. The van der Waals surface area contributed by atoms with Gasteiger partial charge in [-0.05, 0) is 30.5 Å². The van der Waals surface area contributed by atoms with Crippen molar-refractivity contribution in [2.75, 3.05) is 20.1 Å². The van der Waals surface area contributed by atoms with Gasteiger partial charge < -0.3 is 14.9 Å². The summed E-state index contributed by atoms with van der Waals surface area (Å²) < 4.78 is 0. The monoisotopic (exact) mass is 394 g/mol. The van der Waals surface area contributed by atoms with E-state index in [1.165, 1.54) is 4.90 Å². The molecule has 1 fully saturated rings. The van der Waals surface area contributed by atoms with Gasteiger partial charge in [-0.15, -0.1) is 0 Å². The number of piperidine rings is 1. The van der Waals surface area contributed by atoms with Crippen LogP contribution < -0.4 is 0 Å². The number of aliphatic carboxylic acids is 1.